The second kappa shape index (κ2) is 13.4. The van der Waals surface area contributed by atoms with Crippen LogP contribution in [0.25, 0.3) is 0 Å². The van der Waals surface area contributed by atoms with E-state index in [2.05, 4.69) is 26.5 Å². The Kier molecular flexibility index (Phi) is 13.7. The van der Waals surface area contributed by atoms with Crippen LogP contribution in [0.4, 0.5) is 0 Å². The van der Waals surface area contributed by atoms with E-state index in [1.54, 1.807) is 0 Å². The van der Waals surface area contributed by atoms with Gasteiger partial charge in [0, 0.05) is 0 Å². The zero-order valence-corrected chi connectivity index (χ0v) is 12.4. The largest absolute Gasteiger partial charge is 0.179 e. The van der Waals surface area contributed by atoms with E-state index in [1.165, 1.54) is 70.6 Å². The number of hydrogen-bond donors (Lipinski definition) is 1. The minimum atomic E-state index is 1.01. The maximum atomic E-state index is 4.23. The van der Waals surface area contributed by atoms with Crippen LogP contribution in [0.1, 0.15) is 84.5 Å². The molecule has 1 heteroatoms. The van der Waals surface area contributed by atoms with Crippen molar-refractivity contribution in [1.29, 1.82) is 0 Å². The summed E-state index contributed by atoms with van der Waals surface area (Å²) in [5, 5.41) is 0. The van der Waals surface area contributed by atoms with Crippen molar-refractivity contribution in [3.63, 3.8) is 0 Å². The first-order chi connectivity index (χ1) is 7.85. The highest BCUT2D eigenvalue weighted by molar-refractivity contribution is 7.80. The van der Waals surface area contributed by atoms with E-state index in [4.69, 9.17) is 0 Å². The predicted octanol–water partition coefficient (Wildman–Crippen LogP) is 5.86. The molecule has 0 radical (unpaired) electrons. The molecule has 0 amide bonds. The van der Waals surface area contributed by atoms with Crippen LogP contribution in [-0.4, -0.2) is 5.75 Å². The summed E-state index contributed by atoms with van der Waals surface area (Å²) < 4.78 is 0. The molecule has 0 spiro atoms. The molecular formula is C15H32S. The Morgan fingerprint density at radius 1 is 0.750 bits per heavy atom. The van der Waals surface area contributed by atoms with Gasteiger partial charge >= 0.3 is 0 Å². The van der Waals surface area contributed by atoms with Crippen LogP contribution in [0.5, 0.6) is 0 Å². The lowest BCUT2D eigenvalue weighted by Crippen LogP contribution is -1.97. The normalized spacial score (nSPS) is 12.9. The molecule has 0 aromatic rings. The average Bonchev–Trinajstić information content (AvgIpc) is 2.31. The van der Waals surface area contributed by atoms with Crippen molar-refractivity contribution in [3.8, 4) is 0 Å². The van der Waals surface area contributed by atoms with Crippen molar-refractivity contribution in [1.82, 2.24) is 0 Å². The Morgan fingerprint density at radius 3 is 1.81 bits per heavy atom. The van der Waals surface area contributed by atoms with Gasteiger partial charge in [-0.2, -0.15) is 12.6 Å². The Labute approximate surface area is 109 Å². The Morgan fingerprint density at radius 2 is 1.31 bits per heavy atom. The fraction of sp³-hybridized carbons (Fsp3) is 1.00. The summed E-state index contributed by atoms with van der Waals surface area (Å²) in [7, 11) is 0. The minimum absolute atomic E-state index is 1.01. The molecule has 0 saturated heterocycles. The van der Waals surface area contributed by atoms with Gasteiger partial charge in [0.15, 0.2) is 0 Å². The van der Waals surface area contributed by atoms with E-state index in [9.17, 15) is 0 Å². The van der Waals surface area contributed by atoms with Gasteiger partial charge in [0.1, 0.15) is 0 Å². The van der Waals surface area contributed by atoms with Crippen LogP contribution in [0.3, 0.4) is 0 Å². The fourth-order valence-electron chi connectivity index (χ4n) is 2.39. The lowest BCUT2D eigenvalue weighted by atomic mass is 9.94. The molecule has 0 heterocycles. The molecular weight excluding hydrogens is 212 g/mol. The highest BCUT2D eigenvalue weighted by Crippen LogP contribution is 2.19. The van der Waals surface area contributed by atoms with Crippen molar-refractivity contribution in [2.45, 2.75) is 84.5 Å². The van der Waals surface area contributed by atoms with Gasteiger partial charge in [-0.3, -0.25) is 0 Å². The van der Waals surface area contributed by atoms with E-state index in [-0.39, 0.29) is 0 Å². The molecule has 0 aliphatic heterocycles. The van der Waals surface area contributed by atoms with Crippen LogP contribution in [-0.2, 0) is 0 Å². The fourth-order valence-corrected chi connectivity index (χ4v) is 2.61. The highest BCUT2D eigenvalue weighted by atomic mass is 32.1. The van der Waals surface area contributed by atoms with Gasteiger partial charge in [0.2, 0.25) is 0 Å². The van der Waals surface area contributed by atoms with Crippen molar-refractivity contribution in [2.24, 2.45) is 5.92 Å². The number of unbranched alkanes of at least 4 members (excludes halogenated alkanes) is 6. The van der Waals surface area contributed by atoms with Gasteiger partial charge in [-0.15, -0.1) is 0 Å². The third kappa shape index (κ3) is 10.9. The van der Waals surface area contributed by atoms with Crippen molar-refractivity contribution in [3.05, 3.63) is 0 Å². The van der Waals surface area contributed by atoms with E-state index in [0.29, 0.717) is 0 Å². The summed E-state index contributed by atoms with van der Waals surface area (Å²) >= 11 is 4.23. The van der Waals surface area contributed by atoms with E-state index in [1.807, 2.05) is 0 Å². The van der Waals surface area contributed by atoms with Crippen LogP contribution in [0.15, 0.2) is 0 Å². The van der Waals surface area contributed by atoms with Gasteiger partial charge < -0.3 is 0 Å². The van der Waals surface area contributed by atoms with Crippen molar-refractivity contribution >= 4 is 12.6 Å². The first-order valence-electron chi connectivity index (χ1n) is 7.46. The first kappa shape index (κ1) is 16.4. The second-order valence-electron chi connectivity index (χ2n) is 5.05. The van der Waals surface area contributed by atoms with Crippen LogP contribution in [0, 0.1) is 5.92 Å². The Balaban J connectivity index is 3.12. The van der Waals surface area contributed by atoms with E-state index >= 15 is 0 Å². The minimum Gasteiger partial charge on any atom is -0.179 e. The Hall–Kier alpha value is 0.350. The molecule has 0 fully saturated rings. The molecule has 0 rings (SSSR count). The second-order valence-corrected chi connectivity index (χ2v) is 5.50. The average molecular weight is 244 g/mol. The monoisotopic (exact) mass is 244 g/mol. The molecule has 0 nitrogen and oxygen atoms in total. The third-order valence-electron chi connectivity index (χ3n) is 3.54. The first-order valence-corrected chi connectivity index (χ1v) is 8.09. The van der Waals surface area contributed by atoms with Crippen molar-refractivity contribution in [2.75, 3.05) is 5.75 Å². The number of hydrogen-bond acceptors (Lipinski definition) is 1. The third-order valence-corrected chi connectivity index (χ3v) is 3.86. The van der Waals surface area contributed by atoms with Gasteiger partial charge in [0.05, 0.1) is 0 Å². The van der Waals surface area contributed by atoms with Gasteiger partial charge in [-0.25, -0.2) is 0 Å². The highest BCUT2D eigenvalue weighted by Gasteiger charge is 2.03. The summed E-state index contributed by atoms with van der Waals surface area (Å²) in [6.45, 7) is 4.65. The smallest absolute Gasteiger partial charge is 0.00979 e. The lowest BCUT2D eigenvalue weighted by Gasteiger charge is -2.12. The topological polar surface area (TPSA) is 0 Å². The lowest BCUT2D eigenvalue weighted by molar-refractivity contribution is 0.408. The molecule has 1 unspecified atom stereocenters. The molecule has 1 atom stereocenters. The van der Waals surface area contributed by atoms with E-state index < -0.39 is 0 Å². The number of rotatable bonds is 12. The van der Waals surface area contributed by atoms with E-state index in [0.717, 1.165) is 11.7 Å². The van der Waals surface area contributed by atoms with Gasteiger partial charge in [-0.1, -0.05) is 78.1 Å². The maximum absolute atomic E-state index is 4.23. The molecule has 0 aromatic carbocycles. The molecule has 0 N–H and O–H groups in total. The molecule has 16 heavy (non-hydrogen) atoms. The van der Waals surface area contributed by atoms with Gasteiger partial charge in [-0.05, 0) is 18.1 Å². The Bertz CT molecular complexity index is 123. The van der Waals surface area contributed by atoms with Gasteiger partial charge in [0.25, 0.3) is 0 Å². The standard InChI is InChI=1S/C15H32S/c1-3-12-15(4-2)13-10-8-6-5-7-9-11-14-16/h15-16H,3-14H2,1-2H3. The summed E-state index contributed by atoms with van der Waals surface area (Å²) in [5.74, 6) is 2.07. The molecule has 0 bridgehead atoms. The molecule has 0 aromatic heterocycles. The molecule has 0 saturated carbocycles. The predicted molar refractivity (Wildman–Crippen MR) is 79.5 cm³/mol. The van der Waals surface area contributed by atoms with Crippen LogP contribution < -0.4 is 0 Å². The number of thiol groups is 1. The van der Waals surface area contributed by atoms with Crippen LogP contribution in [0.2, 0.25) is 0 Å². The quantitative estimate of drug-likeness (QED) is 0.322. The zero-order valence-electron chi connectivity index (χ0n) is 11.5. The molecule has 98 valence electrons. The summed E-state index contributed by atoms with van der Waals surface area (Å²) in [6, 6.07) is 0. The molecule has 0 aliphatic rings. The molecule has 0 aliphatic carbocycles. The van der Waals surface area contributed by atoms with Crippen LogP contribution >= 0.6 is 12.6 Å². The zero-order chi connectivity index (χ0) is 12.1. The maximum Gasteiger partial charge on any atom is -0.00979 e. The summed E-state index contributed by atoms with van der Waals surface area (Å²) in [4.78, 5) is 0. The SMILES string of the molecule is CCCC(CC)CCCCCCCCCS. The summed E-state index contributed by atoms with van der Waals surface area (Å²) in [5.41, 5.74) is 0. The van der Waals surface area contributed by atoms with Crippen molar-refractivity contribution < 1.29 is 0 Å². The summed E-state index contributed by atoms with van der Waals surface area (Å²) in [6.07, 6.45) is 15.6.